The number of hydrogen-bond acceptors (Lipinski definition) is 4. The first-order valence-corrected chi connectivity index (χ1v) is 8.60. The molecule has 0 aromatic carbocycles. The van der Waals surface area contributed by atoms with Gasteiger partial charge in [-0.25, -0.2) is 4.79 Å². The summed E-state index contributed by atoms with van der Waals surface area (Å²) in [5.74, 6) is 0.366. The van der Waals surface area contributed by atoms with Gasteiger partial charge in [0.25, 0.3) is 0 Å². The van der Waals surface area contributed by atoms with Gasteiger partial charge in [-0.15, -0.1) is 0 Å². The van der Waals surface area contributed by atoms with Crippen molar-refractivity contribution in [2.24, 2.45) is 5.92 Å². The molecule has 1 heterocycles. The number of rotatable bonds is 7. The van der Waals surface area contributed by atoms with Gasteiger partial charge in [-0.3, -0.25) is 4.79 Å². The molecule has 0 aromatic rings. The van der Waals surface area contributed by atoms with E-state index < -0.39 is 6.10 Å². The lowest BCUT2D eigenvalue weighted by atomic mass is 9.97. The van der Waals surface area contributed by atoms with Crippen LogP contribution in [0.15, 0.2) is 0 Å². The SMILES string of the molecule is CC(C)NC(=O)N[C@H]1CC[C@H](CCNC(=O)C2CC2)O[C@H]1CO. The van der Waals surface area contributed by atoms with Crippen LogP contribution in [0.25, 0.3) is 0 Å². The van der Waals surface area contributed by atoms with Gasteiger partial charge in [0, 0.05) is 18.5 Å². The molecule has 0 spiro atoms. The van der Waals surface area contributed by atoms with E-state index in [4.69, 9.17) is 4.74 Å². The fraction of sp³-hybridized carbons (Fsp3) is 0.875. The smallest absolute Gasteiger partial charge is 0.315 e. The van der Waals surface area contributed by atoms with Crippen molar-refractivity contribution in [3.63, 3.8) is 0 Å². The fourth-order valence-electron chi connectivity index (χ4n) is 2.83. The lowest BCUT2D eigenvalue weighted by Gasteiger charge is -2.36. The Labute approximate surface area is 137 Å². The molecule has 1 saturated heterocycles. The summed E-state index contributed by atoms with van der Waals surface area (Å²) in [7, 11) is 0. The Balaban J connectivity index is 1.69. The summed E-state index contributed by atoms with van der Waals surface area (Å²) >= 11 is 0. The molecule has 0 bridgehead atoms. The van der Waals surface area contributed by atoms with E-state index >= 15 is 0 Å². The minimum Gasteiger partial charge on any atom is -0.394 e. The van der Waals surface area contributed by atoms with Gasteiger partial charge >= 0.3 is 6.03 Å². The lowest BCUT2D eigenvalue weighted by Crippen LogP contribution is -2.54. The van der Waals surface area contributed by atoms with Crippen LogP contribution in [0.2, 0.25) is 0 Å². The summed E-state index contributed by atoms with van der Waals surface area (Å²) in [5, 5.41) is 18.1. The van der Waals surface area contributed by atoms with Crippen LogP contribution >= 0.6 is 0 Å². The molecule has 1 aliphatic heterocycles. The summed E-state index contributed by atoms with van der Waals surface area (Å²) in [5.41, 5.74) is 0. The monoisotopic (exact) mass is 327 g/mol. The van der Waals surface area contributed by atoms with Crippen LogP contribution in [0.5, 0.6) is 0 Å². The molecule has 23 heavy (non-hydrogen) atoms. The Hall–Kier alpha value is -1.34. The van der Waals surface area contributed by atoms with Gasteiger partial charge in [0.1, 0.15) is 6.10 Å². The predicted octanol–water partition coefficient (Wildman–Crippen LogP) is 0.519. The number of carbonyl (C=O) groups is 2. The van der Waals surface area contributed by atoms with Crippen LogP contribution in [-0.4, -0.2) is 54.5 Å². The highest BCUT2D eigenvalue weighted by Crippen LogP contribution is 2.28. The zero-order chi connectivity index (χ0) is 16.8. The van der Waals surface area contributed by atoms with Crippen LogP contribution in [0, 0.1) is 5.92 Å². The van der Waals surface area contributed by atoms with Crippen molar-refractivity contribution in [1.82, 2.24) is 16.0 Å². The molecule has 2 rings (SSSR count). The lowest BCUT2D eigenvalue weighted by molar-refractivity contribution is -0.122. The van der Waals surface area contributed by atoms with Crippen molar-refractivity contribution < 1.29 is 19.4 Å². The average molecular weight is 327 g/mol. The normalized spacial score (nSPS) is 27.6. The molecule has 4 N–H and O–H groups in total. The van der Waals surface area contributed by atoms with Crippen LogP contribution in [0.1, 0.15) is 46.0 Å². The number of hydrogen-bond donors (Lipinski definition) is 4. The molecular formula is C16H29N3O4. The molecule has 0 radical (unpaired) electrons. The average Bonchev–Trinajstić information content (AvgIpc) is 3.32. The number of carbonyl (C=O) groups excluding carboxylic acids is 2. The Morgan fingerprint density at radius 3 is 2.57 bits per heavy atom. The van der Waals surface area contributed by atoms with E-state index in [1.54, 1.807) is 0 Å². The Morgan fingerprint density at radius 2 is 1.96 bits per heavy atom. The number of amides is 3. The summed E-state index contributed by atoms with van der Waals surface area (Å²) in [6.07, 6.45) is 3.93. The molecular weight excluding hydrogens is 298 g/mol. The first kappa shape index (κ1) is 18.0. The quantitative estimate of drug-likeness (QED) is 0.548. The molecule has 7 heteroatoms. The van der Waals surface area contributed by atoms with E-state index in [2.05, 4.69) is 16.0 Å². The van der Waals surface area contributed by atoms with E-state index in [9.17, 15) is 14.7 Å². The maximum atomic E-state index is 11.8. The van der Waals surface area contributed by atoms with Crippen molar-refractivity contribution in [2.75, 3.05) is 13.2 Å². The molecule has 0 unspecified atom stereocenters. The largest absolute Gasteiger partial charge is 0.394 e. The molecule has 0 aromatic heterocycles. The highest BCUT2D eigenvalue weighted by molar-refractivity contribution is 5.80. The summed E-state index contributed by atoms with van der Waals surface area (Å²) in [4.78, 5) is 23.4. The Bertz CT molecular complexity index is 412. The number of aliphatic hydroxyl groups excluding tert-OH is 1. The van der Waals surface area contributed by atoms with E-state index in [0.29, 0.717) is 6.54 Å². The topological polar surface area (TPSA) is 99.7 Å². The molecule has 3 amide bonds. The molecule has 2 fully saturated rings. The van der Waals surface area contributed by atoms with E-state index in [0.717, 1.165) is 32.1 Å². The van der Waals surface area contributed by atoms with Crippen molar-refractivity contribution in [1.29, 1.82) is 0 Å². The van der Waals surface area contributed by atoms with Gasteiger partial charge in [0.15, 0.2) is 0 Å². The van der Waals surface area contributed by atoms with E-state index in [-0.39, 0.29) is 42.7 Å². The third-order valence-electron chi connectivity index (χ3n) is 4.25. The van der Waals surface area contributed by atoms with Crippen LogP contribution in [-0.2, 0) is 9.53 Å². The third kappa shape index (κ3) is 5.99. The maximum Gasteiger partial charge on any atom is 0.315 e. The molecule has 1 saturated carbocycles. The van der Waals surface area contributed by atoms with Gasteiger partial charge in [-0.1, -0.05) is 0 Å². The predicted molar refractivity (Wildman–Crippen MR) is 85.9 cm³/mol. The van der Waals surface area contributed by atoms with Crippen molar-refractivity contribution >= 4 is 11.9 Å². The first-order valence-electron chi connectivity index (χ1n) is 8.60. The summed E-state index contributed by atoms with van der Waals surface area (Å²) < 4.78 is 5.87. The van der Waals surface area contributed by atoms with Crippen molar-refractivity contribution in [3.8, 4) is 0 Å². The zero-order valence-electron chi connectivity index (χ0n) is 14.0. The molecule has 2 aliphatic rings. The number of nitrogens with one attached hydrogen (secondary N) is 3. The Kier molecular flexibility index (Phi) is 6.65. The van der Waals surface area contributed by atoms with E-state index in [1.165, 1.54) is 0 Å². The van der Waals surface area contributed by atoms with Crippen LogP contribution in [0.3, 0.4) is 0 Å². The summed E-state index contributed by atoms with van der Waals surface area (Å²) in [6.45, 7) is 4.26. The molecule has 7 nitrogen and oxygen atoms in total. The van der Waals surface area contributed by atoms with Gasteiger partial charge in [0.05, 0.1) is 18.8 Å². The van der Waals surface area contributed by atoms with Crippen LogP contribution in [0.4, 0.5) is 4.79 Å². The molecule has 3 atom stereocenters. The fourth-order valence-corrected chi connectivity index (χ4v) is 2.83. The highest BCUT2D eigenvalue weighted by atomic mass is 16.5. The molecule has 132 valence electrons. The number of urea groups is 1. The van der Waals surface area contributed by atoms with Gasteiger partial charge < -0.3 is 25.8 Å². The molecule has 1 aliphatic carbocycles. The minimum absolute atomic E-state index is 0.0119. The first-order chi connectivity index (χ1) is 11.0. The second-order valence-electron chi connectivity index (χ2n) is 6.79. The summed E-state index contributed by atoms with van der Waals surface area (Å²) in [6, 6.07) is -0.354. The third-order valence-corrected chi connectivity index (χ3v) is 4.25. The van der Waals surface area contributed by atoms with Gasteiger partial charge in [-0.05, 0) is 46.0 Å². The van der Waals surface area contributed by atoms with Crippen molar-refractivity contribution in [2.45, 2.75) is 70.2 Å². The van der Waals surface area contributed by atoms with Gasteiger partial charge in [0.2, 0.25) is 5.91 Å². The van der Waals surface area contributed by atoms with Crippen molar-refractivity contribution in [3.05, 3.63) is 0 Å². The standard InChI is InChI=1S/C16H29N3O4/c1-10(2)18-16(22)19-13-6-5-12(23-14(13)9-20)7-8-17-15(21)11-3-4-11/h10-14,20H,3-9H2,1-2H3,(H,17,21)(H2,18,19,22)/t12-,13+,14+/m1/s1. The number of ether oxygens (including phenoxy) is 1. The Morgan fingerprint density at radius 1 is 1.22 bits per heavy atom. The highest BCUT2D eigenvalue weighted by Gasteiger charge is 2.32. The zero-order valence-corrected chi connectivity index (χ0v) is 14.0. The van der Waals surface area contributed by atoms with E-state index in [1.807, 2.05) is 13.8 Å². The van der Waals surface area contributed by atoms with Crippen LogP contribution < -0.4 is 16.0 Å². The second kappa shape index (κ2) is 8.49. The van der Waals surface area contributed by atoms with Gasteiger partial charge in [-0.2, -0.15) is 0 Å². The minimum atomic E-state index is -0.397. The second-order valence-corrected chi connectivity index (χ2v) is 6.79. The maximum absolute atomic E-state index is 11.8. The number of aliphatic hydroxyl groups is 1.